The quantitative estimate of drug-likeness (QED) is 0.652. The summed E-state index contributed by atoms with van der Waals surface area (Å²) in [6.45, 7) is 4.93. The summed E-state index contributed by atoms with van der Waals surface area (Å²) in [6, 6.07) is 10.5. The first-order valence-electron chi connectivity index (χ1n) is 8.44. The van der Waals surface area contributed by atoms with Crippen LogP contribution in [-0.4, -0.2) is 44.0 Å². The zero-order valence-corrected chi connectivity index (χ0v) is 16.1. The van der Waals surface area contributed by atoms with Crippen LogP contribution in [0.1, 0.15) is 31.2 Å². The Morgan fingerprint density at radius 3 is 2.71 bits per heavy atom. The summed E-state index contributed by atoms with van der Waals surface area (Å²) in [7, 11) is 2.13. The van der Waals surface area contributed by atoms with Gasteiger partial charge in [-0.25, -0.2) is 0 Å². The Morgan fingerprint density at radius 2 is 2.04 bits per heavy atom. The molecule has 2 rings (SSSR count). The van der Waals surface area contributed by atoms with Gasteiger partial charge in [0.05, 0.1) is 0 Å². The van der Waals surface area contributed by atoms with Crippen LogP contribution >= 0.6 is 24.8 Å². The average Bonchev–Trinajstić information content (AvgIpc) is 3.04. The molecule has 138 valence electrons. The number of halogens is 2. The van der Waals surface area contributed by atoms with Crippen LogP contribution in [0.2, 0.25) is 0 Å². The second kappa shape index (κ2) is 13.5. The van der Waals surface area contributed by atoms with Crippen molar-refractivity contribution in [2.24, 2.45) is 5.92 Å². The Bertz CT molecular complexity index is 439. The number of hydrogen-bond acceptors (Lipinski definition) is 3. The van der Waals surface area contributed by atoms with E-state index >= 15 is 0 Å². The molecule has 1 amide bonds. The maximum absolute atomic E-state index is 11.8. The number of amides is 1. The lowest BCUT2D eigenvalue weighted by Crippen LogP contribution is -2.28. The van der Waals surface area contributed by atoms with Gasteiger partial charge in [0.2, 0.25) is 5.91 Å². The molecule has 0 saturated carbocycles. The molecule has 1 unspecified atom stereocenters. The molecule has 1 aromatic rings. The third-order valence-electron chi connectivity index (χ3n) is 4.28. The zero-order chi connectivity index (χ0) is 15.6. The number of carbonyl (C=O) groups is 1. The summed E-state index contributed by atoms with van der Waals surface area (Å²) in [4.78, 5) is 14.1. The maximum atomic E-state index is 11.8. The van der Waals surface area contributed by atoms with E-state index in [-0.39, 0.29) is 30.7 Å². The fourth-order valence-electron chi connectivity index (χ4n) is 2.94. The minimum absolute atomic E-state index is 0. The van der Waals surface area contributed by atoms with E-state index in [1.165, 1.54) is 12.0 Å². The highest BCUT2D eigenvalue weighted by molar-refractivity contribution is 5.85. The zero-order valence-electron chi connectivity index (χ0n) is 14.5. The highest BCUT2D eigenvalue weighted by Crippen LogP contribution is 2.13. The molecule has 1 heterocycles. The average molecular weight is 376 g/mol. The first-order chi connectivity index (χ1) is 10.7. The van der Waals surface area contributed by atoms with Gasteiger partial charge in [-0.3, -0.25) is 4.79 Å². The predicted octanol–water partition coefficient (Wildman–Crippen LogP) is 2.86. The lowest BCUT2D eigenvalue weighted by Gasteiger charge is -2.16. The normalized spacial score (nSPS) is 16.3. The largest absolute Gasteiger partial charge is 0.356 e. The molecule has 0 radical (unpaired) electrons. The molecule has 2 N–H and O–H groups in total. The number of nitrogens with zero attached hydrogens (tertiary/aromatic N) is 1. The van der Waals surface area contributed by atoms with Crippen LogP contribution in [0.3, 0.4) is 0 Å². The highest BCUT2D eigenvalue weighted by Gasteiger charge is 2.15. The van der Waals surface area contributed by atoms with Gasteiger partial charge in [-0.05, 0) is 57.4 Å². The van der Waals surface area contributed by atoms with E-state index in [4.69, 9.17) is 0 Å². The van der Waals surface area contributed by atoms with Crippen molar-refractivity contribution in [2.45, 2.75) is 32.2 Å². The lowest BCUT2D eigenvalue weighted by atomic mass is 10.0. The molecule has 0 bridgehead atoms. The Balaban J connectivity index is 0.00000264. The van der Waals surface area contributed by atoms with Gasteiger partial charge in [0.15, 0.2) is 0 Å². The molecule has 0 aromatic heterocycles. The monoisotopic (exact) mass is 375 g/mol. The maximum Gasteiger partial charge on any atom is 0.220 e. The predicted molar refractivity (Wildman–Crippen MR) is 105 cm³/mol. The summed E-state index contributed by atoms with van der Waals surface area (Å²) in [5.41, 5.74) is 1.33. The van der Waals surface area contributed by atoms with Crippen LogP contribution in [-0.2, 0) is 11.3 Å². The van der Waals surface area contributed by atoms with Crippen LogP contribution in [0.5, 0.6) is 0 Å². The number of benzene rings is 1. The number of carbonyl (C=O) groups excluding carboxylic acids is 1. The Labute approximate surface area is 158 Å². The smallest absolute Gasteiger partial charge is 0.220 e. The summed E-state index contributed by atoms with van der Waals surface area (Å²) in [5, 5.41) is 6.38. The number of hydrogen-bond donors (Lipinski definition) is 2. The summed E-state index contributed by atoms with van der Waals surface area (Å²) in [5.74, 6) is 0.903. The van der Waals surface area contributed by atoms with Gasteiger partial charge in [0, 0.05) is 19.5 Å². The van der Waals surface area contributed by atoms with E-state index in [0.717, 1.165) is 45.6 Å². The molecule has 0 spiro atoms. The minimum Gasteiger partial charge on any atom is -0.356 e. The molecule has 4 nitrogen and oxygen atoms in total. The van der Waals surface area contributed by atoms with Crippen LogP contribution < -0.4 is 10.6 Å². The minimum atomic E-state index is 0. The summed E-state index contributed by atoms with van der Waals surface area (Å²) < 4.78 is 0. The molecular weight excluding hydrogens is 345 g/mol. The summed E-state index contributed by atoms with van der Waals surface area (Å²) in [6.07, 6.45) is 3.91. The first-order valence-corrected chi connectivity index (χ1v) is 8.44. The van der Waals surface area contributed by atoms with Crippen molar-refractivity contribution in [3.63, 3.8) is 0 Å². The number of rotatable bonds is 9. The molecule has 0 aliphatic carbocycles. The standard InChI is InChI=1S/C18H29N3O.2ClH/c1-21(15-17-6-3-2-4-7-17)13-5-11-20-18(22)9-8-16-10-12-19-14-16;;/h2-4,6-7,16,19H,5,8-15H2,1H3,(H,20,22);2*1H. The number of nitrogens with one attached hydrogen (secondary N) is 2. The third kappa shape index (κ3) is 9.48. The molecule has 1 fully saturated rings. The van der Waals surface area contributed by atoms with Gasteiger partial charge >= 0.3 is 0 Å². The second-order valence-electron chi connectivity index (χ2n) is 6.32. The molecule has 1 aromatic carbocycles. The third-order valence-corrected chi connectivity index (χ3v) is 4.28. The molecule has 1 saturated heterocycles. The van der Waals surface area contributed by atoms with Crippen molar-refractivity contribution in [3.05, 3.63) is 35.9 Å². The van der Waals surface area contributed by atoms with Gasteiger partial charge in [0.25, 0.3) is 0 Å². The molecular formula is C18H31Cl2N3O. The van der Waals surface area contributed by atoms with Crippen molar-refractivity contribution >= 4 is 30.7 Å². The highest BCUT2D eigenvalue weighted by atomic mass is 35.5. The van der Waals surface area contributed by atoms with E-state index in [2.05, 4.69) is 46.8 Å². The molecule has 1 atom stereocenters. The Morgan fingerprint density at radius 1 is 1.29 bits per heavy atom. The van der Waals surface area contributed by atoms with Crippen molar-refractivity contribution in [1.82, 2.24) is 15.5 Å². The van der Waals surface area contributed by atoms with Crippen molar-refractivity contribution in [2.75, 3.05) is 33.2 Å². The van der Waals surface area contributed by atoms with Gasteiger partial charge in [0.1, 0.15) is 0 Å². The van der Waals surface area contributed by atoms with Crippen molar-refractivity contribution in [1.29, 1.82) is 0 Å². The first kappa shape index (κ1) is 23.2. The fourth-order valence-corrected chi connectivity index (χ4v) is 2.94. The van der Waals surface area contributed by atoms with Gasteiger partial charge < -0.3 is 15.5 Å². The van der Waals surface area contributed by atoms with Gasteiger partial charge in [-0.1, -0.05) is 30.3 Å². The Kier molecular flexibility index (Phi) is 13.0. The van der Waals surface area contributed by atoms with Gasteiger partial charge in [-0.15, -0.1) is 24.8 Å². The molecule has 6 heteroatoms. The molecule has 1 aliphatic heterocycles. The van der Waals surface area contributed by atoms with Gasteiger partial charge in [-0.2, -0.15) is 0 Å². The fraction of sp³-hybridized carbons (Fsp3) is 0.611. The lowest BCUT2D eigenvalue weighted by molar-refractivity contribution is -0.121. The second-order valence-corrected chi connectivity index (χ2v) is 6.32. The van der Waals surface area contributed by atoms with Crippen LogP contribution in [0.15, 0.2) is 30.3 Å². The van der Waals surface area contributed by atoms with Crippen LogP contribution in [0.25, 0.3) is 0 Å². The van der Waals surface area contributed by atoms with E-state index in [9.17, 15) is 4.79 Å². The Hall–Kier alpha value is -0.810. The SMILES string of the molecule is CN(CCCNC(=O)CCC1CCNC1)Cc1ccccc1.Cl.Cl. The topological polar surface area (TPSA) is 44.4 Å². The van der Waals surface area contributed by atoms with Crippen LogP contribution in [0, 0.1) is 5.92 Å². The van der Waals surface area contributed by atoms with Crippen molar-refractivity contribution in [3.8, 4) is 0 Å². The summed E-state index contributed by atoms with van der Waals surface area (Å²) >= 11 is 0. The van der Waals surface area contributed by atoms with Crippen LogP contribution in [0.4, 0.5) is 0 Å². The van der Waals surface area contributed by atoms with E-state index in [1.54, 1.807) is 0 Å². The van der Waals surface area contributed by atoms with E-state index < -0.39 is 0 Å². The molecule has 24 heavy (non-hydrogen) atoms. The van der Waals surface area contributed by atoms with E-state index in [0.29, 0.717) is 12.3 Å². The molecule has 1 aliphatic rings. The van der Waals surface area contributed by atoms with Crippen molar-refractivity contribution < 1.29 is 4.79 Å². The van der Waals surface area contributed by atoms with E-state index in [1.807, 2.05) is 6.07 Å².